The Hall–Kier alpha value is -3.80. The zero-order valence-electron chi connectivity index (χ0n) is 23.3. The summed E-state index contributed by atoms with van der Waals surface area (Å²) < 4.78 is 81.6. The summed E-state index contributed by atoms with van der Waals surface area (Å²) in [5.41, 5.74) is 3.43. The van der Waals surface area contributed by atoms with Crippen LogP contribution in [0.3, 0.4) is 0 Å². The van der Waals surface area contributed by atoms with Crippen molar-refractivity contribution in [1.29, 1.82) is 5.26 Å². The lowest BCUT2D eigenvalue weighted by molar-refractivity contribution is -0.137. The van der Waals surface area contributed by atoms with Gasteiger partial charge in [-0.1, -0.05) is 6.07 Å². The van der Waals surface area contributed by atoms with Crippen LogP contribution in [-0.4, -0.2) is 66.3 Å². The van der Waals surface area contributed by atoms with Crippen molar-refractivity contribution in [2.24, 2.45) is 5.41 Å². The van der Waals surface area contributed by atoms with Crippen LogP contribution in [0.5, 0.6) is 5.88 Å². The summed E-state index contributed by atoms with van der Waals surface area (Å²) in [6.45, 7) is 4.49. The van der Waals surface area contributed by atoms with Gasteiger partial charge in [0.25, 0.3) is 0 Å². The fourth-order valence-electron chi connectivity index (χ4n) is 6.72. The van der Waals surface area contributed by atoms with Crippen molar-refractivity contribution in [1.82, 2.24) is 20.2 Å². The van der Waals surface area contributed by atoms with E-state index < -0.39 is 28.9 Å². The molecule has 8 rings (SSSR count). The number of nitriles is 1. The standard InChI is InChI=1S/C30H26F5N7OS/c31-20-2-1-16(21-18(8-36)26(37)44-25(20)21)22-19(30(33,34)35)7-17-24(23(22)32)39-28(40-27(17)43-15-3-6-38-9-15)41-10-14(11-41)42-12-29(13-42)4-5-29/h1-2,7,14-15,38H,3-6,9-13,37H2. The summed E-state index contributed by atoms with van der Waals surface area (Å²) in [7, 11) is 0. The first-order chi connectivity index (χ1) is 21.0. The van der Waals surface area contributed by atoms with Crippen LogP contribution in [0.15, 0.2) is 18.2 Å². The molecular formula is C30H26F5N7OS. The van der Waals surface area contributed by atoms with E-state index in [1.54, 1.807) is 0 Å². The van der Waals surface area contributed by atoms with Gasteiger partial charge >= 0.3 is 6.18 Å². The largest absolute Gasteiger partial charge is 0.472 e. The molecule has 3 aliphatic heterocycles. The second kappa shape index (κ2) is 9.60. The lowest BCUT2D eigenvalue weighted by atomic mass is 9.92. The second-order valence-corrected chi connectivity index (χ2v) is 13.3. The molecule has 1 unspecified atom stereocenters. The van der Waals surface area contributed by atoms with Crippen molar-refractivity contribution in [2.45, 2.75) is 37.6 Å². The molecule has 0 radical (unpaired) electrons. The number of nitrogens with one attached hydrogen (secondary N) is 1. The lowest BCUT2D eigenvalue weighted by Crippen LogP contribution is -2.66. The number of nitrogens with two attached hydrogens (primary N) is 1. The highest BCUT2D eigenvalue weighted by Gasteiger charge is 2.55. The first-order valence-corrected chi connectivity index (χ1v) is 15.3. The lowest BCUT2D eigenvalue weighted by Gasteiger charge is -2.52. The van der Waals surface area contributed by atoms with Gasteiger partial charge in [-0.25, -0.2) is 13.8 Å². The first-order valence-electron chi connectivity index (χ1n) is 14.4. The molecular weight excluding hydrogens is 601 g/mol. The van der Waals surface area contributed by atoms with Gasteiger partial charge in [-0.2, -0.15) is 23.4 Å². The van der Waals surface area contributed by atoms with Gasteiger partial charge in [0.15, 0.2) is 5.82 Å². The van der Waals surface area contributed by atoms with Crippen LogP contribution >= 0.6 is 11.3 Å². The van der Waals surface area contributed by atoms with Gasteiger partial charge < -0.3 is 20.7 Å². The minimum absolute atomic E-state index is 0.0729. The van der Waals surface area contributed by atoms with Gasteiger partial charge in [0, 0.05) is 49.7 Å². The predicted molar refractivity (Wildman–Crippen MR) is 156 cm³/mol. The summed E-state index contributed by atoms with van der Waals surface area (Å²) in [6.07, 6.45) is -2.24. The van der Waals surface area contributed by atoms with Gasteiger partial charge in [0.1, 0.15) is 28.5 Å². The molecule has 2 aromatic carbocycles. The molecule has 44 heavy (non-hydrogen) atoms. The SMILES string of the molecule is N#Cc1c(N)sc2c(F)ccc(-c3c(C(F)(F)F)cc4c(OC5CCNC5)nc(N5CC(N6CC7(CC7)C6)C5)nc4c3F)c12. The number of likely N-dealkylation sites (tertiary alicyclic amines) is 1. The molecule has 2 aromatic heterocycles. The van der Waals surface area contributed by atoms with Crippen molar-refractivity contribution in [2.75, 3.05) is 49.9 Å². The van der Waals surface area contributed by atoms with Gasteiger partial charge in [-0.05, 0) is 48.9 Å². The summed E-state index contributed by atoms with van der Waals surface area (Å²) in [4.78, 5) is 13.3. The number of ether oxygens (including phenoxy) is 1. The van der Waals surface area contributed by atoms with Crippen molar-refractivity contribution >= 4 is 43.3 Å². The maximum absolute atomic E-state index is 16.7. The van der Waals surface area contributed by atoms with E-state index >= 15 is 4.39 Å². The third-order valence-corrected chi connectivity index (χ3v) is 10.4. The highest BCUT2D eigenvalue weighted by molar-refractivity contribution is 7.23. The highest BCUT2D eigenvalue weighted by Crippen LogP contribution is 2.54. The number of alkyl halides is 3. The number of halogens is 5. The monoisotopic (exact) mass is 627 g/mol. The number of rotatable bonds is 5. The molecule has 1 aliphatic carbocycles. The minimum Gasteiger partial charge on any atom is -0.472 e. The second-order valence-electron chi connectivity index (χ2n) is 12.3. The molecule has 14 heteroatoms. The summed E-state index contributed by atoms with van der Waals surface area (Å²) in [5, 5.41) is 12.4. The van der Waals surface area contributed by atoms with Gasteiger partial charge in [-0.3, -0.25) is 4.90 Å². The van der Waals surface area contributed by atoms with Crippen molar-refractivity contribution in [3.05, 3.63) is 41.0 Å². The molecule has 8 nitrogen and oxygen atoms in total. The first kappa shape index (κ1) is 27.7. The van der Waals surface area contributed by atoms with E-state index in [0.717, 1.165) is 42.6 Å². The van der Waals surface area contributed by atoms with E-state index in [1.807, 2.05) is 11.0 Å². The number of benzene rings is 2. The Balaban J connectivity index is 1.30. The van der Waals surface area contributed by atoms with E-state index in [1.165, 1.54) is 12.8 Å². The predicted octanol–water partition coefficient (Wildman–Crippen LogP) is 5.29. The Morgan fingerprint density at radius 2 is 1.93 bits per heavy atom. The Morgan fingerprint density at radius 3 is 2.59 bits per heavy atom. The topological polar surface area (TPSA) is 103 Å². The van der Waals surface area contributed by atoms with Crippen LogP contribution in [0, 0.1) is 28.4 Å². The summed E-state index contributed by atoms with van der Waals surface area (Å²) in [5.74, 6) is -1.99. The Labute approximate surface area is 252 Å². The maximum Gasteiger partial charge on any atom is 0.417 e. The molecule has 3 N–H and O–H groups in total. The zero-order chi connectivity index (χ0) is 30.5. The number of hydrogen-bond acceptors (Lipinski definition) is 9. The summed E-state index contributed by atoms with van der Waals surface area (Å²) >= 11 is 0.726. The van der Waals surface area contributed by atoms with E-state index in [9.17, 15) is 22.8 Å². The fraction of sp³-hybridized carbons (Fsp3) is 0.433. The molecule has 4 aliphatic rings. The fourth-order valence-corrected chi connectivity index (χ4v) is 7.67. The normalized spacial score (nSPS) is 21.5. The Morgan fingerprint density at radius 1 is 1.16 bits per heavy atom. The van der Waals surface area contributed by atoms with Crippen LogP contribution in [0.1, 0.15) is 30.4 Å². The van der Waals surface area contributed by atoms with Gasteiger partial charge in [0.05, 0.1) is 21.2 Å². The molecule has 3 saturated heterocycles. The Bertz CT molecular complexity index is 1880. The molecule has 5 heterocycles. The highest BCUT2D eigenvalue weighted by atomic mass is 32.1. The van der Waals surface area contributed by atoms with Gasteiger partial charge in [0.2, 0.25) is 11.8 Å². The van der Waals surface area contributed by atoms with Crippen molar-refractivity contribution in [3.63, 3.8) is 0 Å². The third-order valence-electron chi connectivity index (χ3n) is 9.38. The average molecular weight is 628 g/mol. The van der Waals surface area contributed by atoms with Crippen LogP contribution < -0.4 is 20.7 Å². The quantitative estimate of drug-likeness (QED) is 0.288. The molecule has 1 spiro atoms. The van der Waals surface area contributed by atoms with E-state index in [0.29, 0.717) is 44.1 Å². The number of hydrogen-bond donors (Lipinski definition) is 2. The van der Waals surface area contributed by atoms with Crippen molar-refractivity contribution < 1.29 is 26.7 Å². The number of nitrogens with zero attached hydrogens (tertiary/aromatic N) is 5. The smallest absolute Gasteiger partial charge is 0.417 e. The molecule has 1 saturated carbocycles. The number of thiophene rings is 1. The average Bonchev–Trinajstić information content (AvgIpc) is 3.42. The van der Waals surface area contributed by atoms with Crippen LogP contribution in [-0.2, 0) is 6.18 Å². The minimum atomic E-state index is -5.02. The van der Waals surface area contributed by atoms with E-state index in [2.05, 4.69) is 20.2 Å². The van der Waals surface area contributed by atoms with Gasteiger partial charge in [-0.15, -0.1) is 11.3 Å². The Kier molecular flexibility index (Phi) is 6.05. The number of fused-ring (bicyclic) bond motifs is 2. The number of anilines is 2. The van der Waals surface area contributed by atoms with Crippen LogP contribution in [0.4, 0.5) is 32.9 Å². The number of nitrogen functional groups attached to an aromatic ring is 1. The van der Waals surface area contributed by atoms with E-state index in [4.69, 9.17) is 10.5 Å². The molecule has 0 bridgehead atoms. The zero-order valence-corrected chi connectivity index (χ0v) is 24.1. The van der Waals surface area contributed by atoms with Crippen LogP contribution in [0.2, 0.25) is 0 Å². The number of aromatic nitrogens is 2. The summed E-state index contributed by atoms with van der Waals surface area (Å²) in [6, 6.07) is 4.94. The maximum atomic E-state index is 16.7. The van der Waals surface area contributed by atoms with Crippen molar-refractivity contribution in [3.8, 4) is 23.1 Å². The molecule has 4 fully saturated rings. The third kappa shape index (κ3) is 4.28. The molecule has 0 amide bonds. The molecule has 1 atom stereocenters. The van der Waals surface area contributed by atoms with E-state index in [-0.39, 0.29) is 55.0 Å². The molecule has 4 aromatic rings. The van der Waals surface area contributed by atoms with Crippen LogP contribution in [0.25, 0.3) is 32.1 Å². The molecule has 228 valence electrons.